The van der Waals surface area contributed by atoms with Crippen molar-refractivity contribution in [2.75, 3.05) is 13.1 Å². The lowest BCUT2D eigenvalue weighted by Crippen LogP contribution is -2.39. The quantitative estimate of drug-likeness (QED) is 0.841. The normalized spacial score (nSPS) is 10.2. The second-order valence-corrected chi connectivity index (χ2v) is 3.96. The number of hydrogen-bond acceptors (Lipinski definition) is 2. The molecule has 0 spiro atoms. The summed E-state index contributed by atoms with van der Waals surface area (Å²) in [4.78, 5) is 13.3. The highest BCUT2D eigenvalue weighted by Crippen LogP contribution is 2.10. The summed E-state index contributed by atoms with van der Waals surface area (Å²) in [6.07, 6.45) is 0. The lowest BCUT2D eigenvalue weighted by atomic mass is 10.1. The fourth-order valence-electron chi connectivity index (χ4n) is 1.65. The molecule has 18 heavy (non-hydrogen) atoms. The zero-order valence-corrected chi connectivity index (χ0v) is 10.9. The molecule has 0 unspecified atom stereocenters. The zero-order valence-electron chi connectivity index (χ0n) is 10.9. The SMILES string of the molecule is CCN(CC)C(=O)NCc1ccc(CN)cc1F. The van der Waals surface area contributed by atoms with E-state index in [9.17, 15) is 9.18 Å². The summed E-state index contributed by atoms with van der Waals surface area (Å²) >= 11 is 0. The Morgan fingerprint density at radius 1 is 1.39 bits per heavy atom. The largest absolute Gasteiger partial charge is 0.334 e. The van der Waals surface area contributed by atoms with Crippen LogP contribution in [-0.2, 0) is 13.1 Å². The standard InChI is InChI=1S/C13H20FN3O/c1-3-17(4-2)13(18)16-9-11-6-5-10(8-15)7-12(11)14/h5-7H,3-4,8-9,15H2,1-2H3,(H,16,18). The first-order valence-corrected chi connectivity index (χ1v) is 6.12. The van der Waals surface area contributed by atoms with Crippen LogP contribution < -0.4 is 11.1 Å². The number of nitrogens with zero attached hydrogens (tertiary/aromatic N) is 1. The van der Waals surface area contributed by atoms with E-state index in [1.54, 1.807) is 17.0 Å². The minimum atomic E-state index is -0.335. The van der Waals surface area contributed by atoms with Crippen LogP contribution in [0.4, 0.5) is 9.18 Å². The van der Waals surface area contributed by atoms with Crippen molar-refractivity contribution in [2.45, 2.75) is 26.9 Å². The van der Waals surface area contributed by atoms with Crippen molar-refractivity contribution in [3.8, 4) is 0 Å². The van der Waals surface area contributed by atoms with Gasteiger partial charge >= 0.3 is 6.03 Å². The van der Waals surface area contributed by atoms with E-state index in [1.807, 2.05) is 13.8 Å². The molecule has 1 rings (SSSR count). The molecular formula is C13H20FN3O. The van der Waals surface area contributed by atoms with Gasteiger partial charge in [-0.25, -0.2) is 9.18 Å². The van der Waals surface area contributed by atoms with Crippen LogP contribution in [0.5, 0.6) is 0 Å². The third-order valence-corrected chi connectivity index (χ3v) is 2.83. The maximum atomic E-state index is 13.6. The summed E-state index contributed by atoms with van der Waals surface area (Å²) < 4.78 is 13.6. The zero-order chi connectivity index (χ0) is 13.5. The number of carbonyl (C=O) groups excluding carboxylic acids is 1. The van der Waals surface area contributed by atoms with E-state index in [1.165, 1.54) is 6.07 Å². The highest BCUT2D eigenvalue weighted by molar-refractivity contribution is 5.74. The van der Waals surface area contributed by atoms with Crippen LogP contribution >= 0.6 is 0 Å². The van der Waals surface area contributed by atoms with Crippen molar-refractivity contribution < 1.29 is 9.18 Å². The molecule has 5 heteroatoms. The Bertz CT molecular complexity index is 405. The molecule has 0 atom stereocenters. The van der Waals surface area contributed by atoms with Crippen molar-refractivity contribution in [2.24, 2.45) is 5.73 Å². The van der Waals surface area contributed by atoms with E-state index >= 15 is 0 Å². The van der Waals surface area contributed by atoms with Gasteiger partial charge < -0.3 is 16.0 Å². The molecule has 0 saturated carbocycles. The van der Waals surface area contributed by atoms with Gasteiger partial charge in [0.25, 0.3) is 0 Å². The molecule has 100 valence electrons. The Hall–Kier alpha value is -1.62. The summed E-state index contributed by atoms with van der Waals surface area (Å²) in [5, 5.41) is 2.69. The number of rotatable bonds is 5. The van der Waals surface area contributed by atoms with Gasteiger partial charge in [-0.2, -0.15) is 0 Å². The molecule has 0 aromatic heterocycles. The molecule has 0 radical (unpaired) electrons. The Morgan fingerprint density at radius 2 is 2.06 bits per heavy atom. The fourth-order valence-corrected chi connectivity index (χ4v) is 1.65. The molecule has 0 bridgehead atoms. The van der Waals surface area contributed by atoms with E-state index in [-0.39, 0.29) is 18.4 Å². The summed E-state index contributed by atoms with van der Waals surface area (Å²) in [5.41, 5.74) is 6.63. The van der Waals surface area contributed by atoms with Crippen molar-refractivity contribution >= 4 is 6.03 Å². The maximum absolute atomic E-state index is 13.6. The molecule has 0 heterocycles. The van der Waals surface area contributed by atoms with Gasteiger partial charge in [-0.05, 0) is 25.5 Å². The first-order valence-electron chi connectivity index (χ1n) is 6.12. The number of amides is 2. The van der Waals surface area contributed by atoms with Crippen molar-refractivity contribution in [3.63, 3.8) is 0 Å². The number of nitrogens with one attached hydrogen (secondary N) is 1. The van der Waals surface area contributed by atoms with Crippen molar-refractivity contribution in [3.05, 3.63) is 35.1 Å². The van der Waals surface area contributed by atoms with Gasteiger partial charge in [0, 0.05) is 31.7 Å². The number of nitrogens with two attached hydrogens (primary N) is 1. The molecule has 0 aliphatic heterocycles. The van der Waals surface area contributed by atoms with Gasteiger partial charge in [-0.3, -0.25) is 0 Å². The van der Waals surface area contributed by atoms with Crippen LogP contribution in [0.2, 0.25) is 0 Å². The smallest absolute Gasteiger partial charge is 0.317 e. The predicted octanol–water partition coefficient (Wildman–Crippen LogP) is 1.84. The molecule has 3 N–H and O–H groups in total. The lowest BCUT2D eigenvalue weighted by molar-refractivity contribution is 0.202. The minimum Gasteiger partial charge on any atom is -0.334 e. The van der Waals surface area contributed by atoms with Gasteiger partial charge in [0.1, 0.15) is 5.82 Å². The third-order valence-electron chi connectivity index (χ3n) is 2.83. The lowest BCUT2D eigenvalue weighted by Gasteiger charge is -2.19. The first-order chi connectivity index (χ1) is 8.62. The van der Waals surface area contributed by atoms with E-state index in [2.05, 4.69) is 5.32 Å². The summed E-state index contributed by atoms with van der Waals surface area (Å²) in [7, 11) is 0. The fraction of sp³-hybridized carbons (Fsp3) is 0.462. The first kappa shape index (κ1) is 14.4. The number of halogens is 1. The molecule has 4 nitrogen and oxygen atoms in total. The minimum absolute atomic E-state index is 0.178. The van der Waals surface area contributed by atoms with Gasteiger partial charge in [0.15, 0.2) is 0 Å². The Balaban J connectivity index is 2.61. The second-order valence-electron chi connectivity index (χ2n) is 3.96. The topological polar surface area (TPSA) is 58.4 Å². The molecule has 0 aliphatic rings. The van der Waals surface area contributed by atoms with Gasteiger partial charge in [0.05, 0.1) is 0 Å². The maximum Gasteiger partial charge on any atom is 0.317 e. The number of urea groups is 1. The number of benzene rings is 1. The highest BCUT2D eigenvalue weighted by atomic mass is 19.1. The summed E-state index contributed by atoms with van der Waals surface area (Å²) in [6, 6.07) is 4.64. The van der Waals surface area contributed by atoms with Crippen LogP contribution in [0, 0.1) is 5.82 Å². The predicted molar refractivity (Wildman–Crippen MR) is 69.4 cm³/mol. The van der Waals surface area contributed by atoms with Gasteiger partial charge in [-0.1, -0.05) is 12.1 Å². The summed E-state index contributed by atoms with van der Waals surface area (Å²) in [6.45, 7) is 5.57. The number of hydrogen-bond donors (Lipinski definition) is 2. The Labute approximate surface area is 107 Å². The van der Waals surface area contributed by atoms with Gasteiger partial charge in [-0.15, -0.1) is 0 Å². The molecule has 2 amide bonds. The highest BCUT2D eigenvalue weighted by Gasteiger charge is 2.10. The average molecular weight is 253 g/mol. The molecule has 0 saturated heterocycles. The van der Waals surface area contributed by atoms with Crippen LogP contribution in [0.25, 0.3) is 0 Å². The third kappa shape index (κ3) is 3.70. The number of carbonyl (C=O) groups is 1. The second kappa shape index (κ2) is 6.96. The summed E-state index contributed by atoms with van der Waals surface area (Å²) in [5.74, 6) is -0.335. The Morgan fingerprint density at radius 3 is 2.56 bits per heavy atom. The van der Waals surface area contributed by atoms with E-state index in [4.69, 9.17) is 5.73 Å². The Kier molecular flexibility index (Phi) is 5.58. The van der Waals surface area contributed by atoms with E-state index < -0.39 is 0 Å². The molecule has 0 aliphatic carbocycles. The van der Waals surface area contributed by atoms with Crippen LogP contribution in [0.1, 0.15) is 25.0 Å². The van der Waals surface area contributed by atoms with E-state index in [0.29, 0.717) is 25.2 Å². The van der Waals surface area contributed by atoms with Crippen LogP contribution in [0.15, 0.2) is 18.2 Å². The van der Waals surface area contributed by atoms with Crippen molar-refractivity contribution in [1.29, 1.82) is 0 Å². The molecular weight excluding hydrogens is 233 g/mol. The van der Waals surface area contributed by atoms with Crippen molar-refractivity contribution in [1.82, 2.24) is 10.2 Å². The molecule has 0 fully saturated rings. The van der Waals surface area contributed by atoms with E-state index in [0.717, 1.165) is 5.56 Å². The van der Waals surface area contributed by atoms with Gasteiger partial charge in [0.2, 0.25) is 0 Å². The molecule has 1 aromatic carbocycles. The van der Waals surface area contributed by atoms with Crippen LogP contribution in [0.3, 0.4) is 0 Å². The average Bonchev–Trinajstić information content (AvgIpc) is 2.38. The molecule has 1 aromatic rings. The monoisotopic (exact) mass is 253 g/mol. The van der Waals surface area contributed by atoms with Crippen LogP contribution in [-0.4, -0.2) is 24.0 Å².